The highest BCUT2D eigenvalue weighted by Gasteiger charge is 2.32. The van der Waals surface area contributed by atoms with Crippen LogP contribution >= 0.6 is 0 Å². The Hall–Kier alpha value is -4.18. The lowest BCUT2D eigenvalue weighted by atomic mass is 10.0. The quantitative estimate of drug-likeness (QED) is 0.366. The maximum Gasteiger partial charge on any atom is 0.268 e. The van der Waals surface area contributed by atoms with Crippen LogP contribution in [0, 0.1) is 0 Å². The van der Waals surface area contributed by atoms with Gasteiger partial charge in [-0.3, -0.25) is 9.36 Å². The molecule has 3 heterocycles. The van der Waals surface area contributed by atoms with Crippen molar-refractivity contribution in [3.8, 4) is 28.3 Å². The molecular weight excluding hydrogens is 384 g/mol. The SMILES string of the molecule is O=C1c2c(nc3ccccc3c2OCc2ccc(-c3ccccc3)cc2)-c2cccn21. The van der Waals surface area contributed by atoms with Gasteiger partial charge in [0.25, 0.3) is 5.91 Å². The monoisotopic (exact) mass is 402 g/mol. The number of carbonyl (C=O) groups excluding carboxylic acids is 1. The molecule has 31 heavy (non-hydrogen) atoms. The molecule has 0 radical (unpaired) electrons. The third-order valence-electron chi connectivity index (χ3n) is 5.71. The normalized spacial score (nSPS) is 12.1. The standard InChI is InChI=1S/C27H18N2O2/c30-27-24-25(23-11-6-16-29(23)27)28-22-10-5-4-9-21(22)26(24)31-17-18-12-14-20(15-13-18)19-7-2-1-3-8-19/h1-16H,17H2. The van der Waals surface area contributed by atoms with Crippen LogP contribution in [-0.4, -0.2) is 15.5 Å². The van der Waals surface area contributed by atoms with Crippen LogP contribution in [0.4, 0.5) is 0 Å². The highest BCUT2D eigenvalue weighted by Crippen LogP contribution is 2.41. The topological polar surface area (TPSA) is 44.1 Å². The van der Waals surface area contributed by atoms with Crippen molar-refractivity contribution in [3.63, 3.8) is 0 Å². The maximum atomic E-state index is 13.1. The van der Waals surface area contributed by atoms with E-state index in [1.807, 2.05) is 54.6 Å². The molecule has 0 saturated carbocycles. The fraction of sp³-hybridized carbons (Fsp3) is 0.0370. The van der Waals surface area contributed by atoms with E-state index in [9.17, 15) is 4.79 Å². The van der Waals surface area contributed by atoms with Gasteiger partial charge in [0, 0.05) is 11.6 Å². The van der Waals surface area contributed by atoms with Crippen LogP contribution < -0.4 is 4.74 Å². The fourth-order valence-corrected chi connectivity index (χ4v) is 4.17. The summed E-state index contributed by atoms with van der Waals surface area (Å²) in [5.74, 6) is 0.504. The zero-order valence-corrected chi connectivity index (χ0v) is 16.7. The number of nitrogens with zero attached hydrogens (tertiary/aromatic N) is 2. The molecule has 0 N–H and O–H groups in total. The fourth-order valence-electron chi connectivity index (χ4n) is 4.17. The Labute approximate surface area is 179 Å². The number of aromatic nitrogens is 2. The van der Waals surface area contributed by atoms with Gasteiger partial charge in [0.1, 0.15) is 23.6 Å². The van der Waals surface area contributed by atoms with Gasteiger partial charge < -0.3 is 4.74 Å². The summed E-state index contributed by atoms with van der Waals surface area (Å²) in [6, 6.07) is 30.2. The van der Waals surface area contributed by atoms with Crippen LogP contribution in [0.15, 0.2) is 97.2 Å². The number of para-hydroxylation sites is 1. The molecule has 2 aromatic heterocycles. The molecule has 1 aliphatic rings. The van der Waals surface area contributed by atoms with E-state index in [2.05, 4.69) is 36.4 Å². The van der Waals surface area contributed by atoms with Gasteiger partial charge in [-0.2, -0.15) is 0 Å². The molecule has 0 fully saturated rings. The average molecular weight is 402 g/mol. The van der Waals surface area contributed by atoms with Gasteiger partial charge in [-0.15, -0.1) is 0 Å². The van der Waals surface area contributed by atoms with Gasteiger partial charge in [-0.25, -0.2) is 4.98 Å². The smallest absolute Gasteiger partial charge is 0.268 e. The lowest BCUT2D eigenvalue weighted by molar-refractivity contribution is 0.0965. The van der Waals surface area contributed by atoms with Gasteiger partial charge in [0.05, 0.1) is 11.2 Å². The molecule has 148 valence electrons. The molecule has 1 aliphatic heterocycles. The third-order valence-corrected chi connectivity index (χ3v) is 5.71. The first-order valence-corrected chi connectivity index (χ1v) is 10.2. The van der Waals surface area contributed by atoms with Crippen molar-refractivity contribution >= 4 is 16.8 Å². The van der Waals surface area contributed by atoms with Gasteiger partial charge in [0.2, 0.25) is 0 Å². The first-order chi connectivity index (χ1) is 15.3. The third kappa shape index (κ3) is 2.84. The number of rotatable bonds is 4. The number of ether oxygens (including phenoxy) is 1. The molecule has 4 heteroatoms. The second-order valence-electron chi connectivity index (χ2n) is 7.60. The van der Waals surface area contributed by atoms with Crippen LogP contribution in [-0.2, 0) is 6.61 Å². The lowest BCUT2D eigenvalue weighted by Gasteiger charge is -2.13. The molecule has 6 rings (SSSR count). The number of carbonyl (C=O) groups is 1. The number of pyridine rings is 1. The van der Waals surface area contributed by atoms with Gasteiger partial charge in [0.15, 0.2) is 0 Å². The molecular formula is C27H18N2O2. The van der Waals surface area contributed by atoms with Crippen molar-refractivity contribution in [2.24, 2.45) is 0 Å². The number of fused-ring (bicyclic) bond motifs is 4. The summed E-state index contributed by atoms with van der Waals surface area (Å²) in [5, 5.41) is 0.848. The first-order valence-electron chi connectivity index (χ1n) is 10.2. The molecule has 0 spiro atoms. The zero-order chi connectivity index (χ0) is 20.8. The van der Waals surface area contributed by atoms with Crippen molar-refractivity contribution < 1.29 is 9.53 Å². The van der Waals surface area contributed by atoms with E-state index in [4.69, 9.17) is 9.72 Å². The van der Waals surface area contributed by atoms with Crippen molar-refractivity contribution in [3.05, 3.63) is 108 Å². The molecule has 0 unspecified atom stereocenters. The Morgan fingerprint density at radius 1 is 0.774 bits per heavy atom. The molecule has 4 nitrogen and oxygen atoms in total. The van der Waals surface area contributed by atoms with Crippen LogP contribution in [0.1, 0.15) is 15.9 Å². The zero-order valence-electron chi connectivity index (χ0n) is 16.7. The lowest BCUT2D eigenvalue weighted by Crippen LogP contribution is -2.08. The molecule has 0 aliphatic carbocycles. The van der Waals surface area contributed by atoms with Crippen LogP contribution in [0.2, 0.25) is 0 Å². The minimum atomic E-state index is -0.0947. The van der Waals surface area contributed by atoms with E-state index in [1.54, 1.807) is 10.8 Å². The summed E-state index contributed by atoms with van der Waals surface area (Å²) in [6.07, 6.45) is 1.77. The molecule has 5 aromatic rings. The van der Waals surface area contributed by atoms with E-state index in [0.717, 1.165) is 27.7 Å². The first kappa shape index (κ1) is 17.7. The summed E-state index contributed by atoms with van der Waals surface area (Å²) >= 11 is 0. The summed E-state index contributed by atoms with van der Waals surface area (Å²) in [7, 11) is 0. The highest BCUT2D eigenvalue weighted by atomic mass is 16.5. The Bertz CT molecular complexity index is 1430. The van der Waals surface area contributed by atoms with Crippen molar-refractivity contribution in [1.29, 1.82) is 0 Å². The van der Waals surface area contributed by atoms with E-state index in [-0.39, 0.29) is 5.91 Å². The summed E-state index contributed by atoms with van der Waals surface area (Å²) in [5.41, 5.74) is 6.23. The second-order valence-corrected chi connectivity index (χ2v) is 7.60. The van der Waals surface area contributed by atoms with E-state index in [0.29, 0.717) is 23.6 Å². The number of hydrogen-bond acceptors (Lipinski definition) is 3. The minimum absolute atomic E-state index is 0.0947. The Morgan fingerprint density at radius 2 is 1.52 bits per heavy atom. The number of benzene rings is 3. The molecule has 0 saturated heterocycles. The van der Waals surface area contributed by atoms with E-state index in [1.165, 1.54) is 5.56 Å². The Kier molecular flexibility index (Phi) is 3.96. The van der Waals surface area contributed by atoms with Crippen LogP contribution in [0.3, 0.4) is 0 Å². The largest absolute Gasteiger partial charge is 0.487 e. The van der Waals surface area contributed by atoms with E-state index >= 15 is 0 Å². The van der Waals surface area contributed by atoms with E-state index < -0.39 is 0 Å². The number of hydrogen-bond donors (Lipinski definition) is 0. The highest BCUT2D eigenvalue weighted by molar-refractivity contribution is 6.13. The molecule has 0 atom stereocenters. The maximum absolute atomic E-state index is 13.1. The van der Waals surface area contributed by atoms with Crippen molar-refractivity contribution in [2.75, 3.05) is 0 Å². The second kappa shape index (κ2) is 6.96. The molecule has 3 aromatic carbocycles. The van der Waals surface area contributed by atoms with Crippen LogP contribution in [0.25, 0.3) is 33.4 Å². The van der Waals surface area contributed by atoms with Gasteiger partial charge in [-0.1, -0.05) is 66.7 Å². The van der Waals surface area contributed by atoms with Gasteiger partial charge >= 0.3 is 0 Å². The molecule has 0 bridgehead atoms. The van der Waals surface area contributed by atoms with Crippen LogP contribution in [0.5, 0.6) is 5.75 Å². The predicted molar refractivity (Wildman–Crippen MR) is 121 cm³/mol. The van der Waals surface area contributed by atoms with Crippen molar-refractivity contribution in [1.82, 2.24) is 9.55 Å². The van der Waals surface area contributed by atoms with Crippen molar-refractivity contribution in [2.45, 2.75) is 6.61 Å². The summed E-state index contributed by atoms with van der Waals surface area (Å²) in [4.78, 5) is 17.8. The Balaban J connectivity index is 1.37. The predicted octanol–water partition coefficient (Wildman–Crippen LogP) is 5.95. The summed E-state index contributed by atoms with van der Waals surface area (Å²) < 4.78 is 7.93. The van der Waals surface area contributed by atoms with Gasteiger partial charge in [-0.05, 0) is 41.0 Å². The minimum Gasteiger partial charge on any atom is -0.487 e. The molecule has 0 amide bonds. The Morgan fingerprint density at radius 3 is 2.35 bits per heavy atom. The summed E-state index contributed by atoms with van der Waals surface area (Å²) in [6.45, 7) is 0.373. The average Bonchev–Trinajstić information content (AvgIpc) is 3.41.